The molecule has 0 spiro atoms. The van der Waals surface area contributed by atoms with Gasteiger partial charge in [0.1, 0.15) is 4.90 Å². The van der Waals surface area contributed by atoms with Crippen LogP contribution in [0.5, 0.6) is 0 Å². The molecule has 1 heterocycles. The van der Waals surface area contributed by atoms with Crippen LogP contribution >= 0.6 is 11.6 Å². The third-order valence-corrected chi connectivity index (χ3v) is 7.61. The van der Waals surface area contributed by atoms with Crippen molar-refractivity contribution in [3.8, 4) is 0 Å². The van der Waals surface area contributed by atoms with E-state index >= 15 is 0 Å². The SMILES string of the molecule is C[C@@H](NC(=O)C1CCN(S(=O)(=O)c2cc([N+](=O)[O-])ccc2Cl)CC1)c1ccccc1. The van der Waals surface area contributed by atoms with Crippen molar-refractivity contribution in [1.82, 2.24) is 9.62 Å². The molecule has 0 aromatic heterocycles. The van der Waals surface area contributed by atoms with Crippen LogP contribution in [0.2, 0.25) is 5.02 Å². The van der Waals surface area contributed by atoms with Gasteiger partial charge in [0.15, 0.2) is 0 Å². The Morgan fingerprint density at radius 1 is 1.20 bits per heavy atom. The number of sulfonamides is 1. The Balaban J connectivity index is 1.65. The molecule has 10 heteroatoms. The van der Waals surface area contributed by atoms with Crippen molar-refractivity contribution in [2.45, 2.75) is 30.7 Å². The van der Waals surface area contributed by atoms with Crippen molar-refractivity contribution >= 4 is 33.2 Å². The fourth-order valence-corrected chi connectivity index (χ4v) is 5.42. The molecule has 1 saturated heterocycles. The standard InChI is InChI=1S/C20H22ClN3O5S/c1-14(15-5-3-2-4-6-15)22-20(25)16-9-11-23(12-10-16)30(28,29)19-13-17(24(26)27)7-8-18(19)21/h2-8,13-14,16H,9-12H2,1H3,(H,22,25)/t14-/m1/s1. The molecular weight excluding hydrogens is 430 g/mol. The number of halogens is 1. The number of amides is 1. The van der Waals surface area contributed by atoms with Gasteiger partial charge in [-0.05, 0) is 31.4 Å². The first-order valence-electron chi connectivity index (χ1n) is 9.49. The molecule has 1 atom stereocenters. The zero-order valence-electron chi connectivity index (χ0n) is 16.3. The number of piperidine rings is 1. The number of nitro groups is 1. The van der Waals surface area contributed by atoms with Crippen molar-refractivity contribution in [3.63, 3.8) is 0 Å². The molecule has 0 radical (unpaired) electrons. The van der Waals surface area contributed by atoms with E-state index in [1.807, 2.05) is 37.3 Å². The molecule has 1 amide bonds. The number of carbonyl (C=O) groups excluding carboxylic acids is 1. The summed E-state index contributed by atoms with van der Waals surface area (Å²) in [6.45, 7) is 2.18. The van der Waals surface area contributed by atoms with E-state index in [1.165, 1.54) is 10.4 Å². The molecule has 1 fully saturated rings. The first-order chi connectivity index (χ1) is 14.2. The van der Waals surface area contributed by atoms with Crippen LogP contribution in [0.4, 0.5) is 5.69 Å². The van der Waals surface area contributed by atoms with Crippen LogP contribution in [-0.2, 0) is 14.8 Å². The summed E-state index contributed by atoms with van der Waals surface area (Å²) in [6.07, 6.45) is 0.720. The molecule has 1 aliphatic rings. The number of rotatable bonds is 6. The number of hydrogen-bond acceptors (Lipinski definition) is 5. The average Bonchev–Trinajstić information content (AvgIpc) is 2.74. The fraction of sp³-hybridized carbons (Fsp3) is 0.350. The van der Waals surface area contributed by atoms with E-state index in [0.717, 1.165) is 17.7 Å². The molecule has 0 unspecified atom stereocenters. The molecule has 2 aromatic rings. The van der Waals surface area contributed by atoms with Crippen LogP contribution in [0.1, 0.15) is 31.4 Å². The van der Waals surface area contributed by atoms with Crippen molar-refractivity contribution in [3.05, 3.63) is 69.2 Å². The molecule has 160 valence electrons. The first kappa shape index (κ1) is 22.2. The summed E-state index contributed by atoms with van der Waals surface area (Å²) in [4.78, 5) is 22.6. The Bertz CT molecular complexity index is 1040. The average molecular weight is 452 g/mol. The summed E-state index contributed by atoms with van der Waals surface area (Å²) in [5.74, 6) is -0.417. The number of nitro benzene ring substituents is 1. The van der Waals surface area contributed by atoms with Gasteiger partial charge in [-0.25, -0.2) is 8.42 Å². The number of non-ortho nitro benzene ring substituents is 1. The van der Waals surface area contributed by atoms with Gasteiger partial charge in [-0.15, -0.1) is 0 Å². The van der Waals surface area contributed by atoms with Gasteiger partial charge in [0.05, 0.1) is 16.0 Å². The van der Waals surface area contributed by atoms with Gasteiger partial charge in [-0.1, -0.05) is 41.9 Å². The molecular formula is C20H22ClN3O5S. The summed E-state index contributed by atoms with van der Waals surface area (Å²) >= 11 is 6.01. The monoisotopic (exact) mass is 451 g/mol. The van der Waals surface area contributed by atoms with E-state index < -0.39 is 14.9 Å². The van der Waals surface area contributed by atoms with Crippen LogP contribution in [0.3, 0.4) is 0 Å². The van der Waals surface area contributed by atoms with E-state index in [4.69, 9.17) is 11.6 Å². The molecule has 8 nitrogen and oxygen atoms in total. The lowest BCUT2D eigenvalue weighted by Crippen LogP contribution is -2.43. The molecule has 0 aliphatic carbocycles. The maximum Gasteiger partial charge on any atom is 0.270 e. The number of nitrogens with one attached hydrogen (secondary N) is 1. The van der Waals surface area contributed by atoms with Crippen LogP contribution in [0.15, 0.2) is 53.4 Å². The van der Waals surface area contributed by atoms with Gasteiger partial charge in [0, 0.05) is 31.1 Å². The summed E-state index contributed by atoms with van der Waals surface area (Å²) < 4.78 is 27.1. The van der Waals surface area contributed by atoms with E-state index in [1.54, 1.807) is 0 Å². The maximum atomic E-state index is 12.9. The summed E-state index contributed by atoms with van der Waals surface area (Å²) in [7, 11) is -4.00. The Labute approximate surface area is 180 Å². The Hall–Kier alpha value is -2.49. The van der Waals surface area contributed by atoms with Gasteiger partial charge in [0.2, 0.25) is 15.9 Å². The number of hydrogen-bond donors (Lipinski definition) is 1. The highest BCUT2D eigenvalue weighted by Crippen LogP contribution is 2.31. The molecule has 2 aromatic carbocycles. The summed E-state index contributed by atoms with van der Waals surface area (Å²) in [5, 5.41) is 13.9. The number of benzene rings is 2. The van der Waals surface area contributed by atoms with Crippen LogP contribution in [0.25, 0.3) is 0 Å². The summed E-state index contributed by atoms with van der Waals surface area (Å²) in [6, 6.07) is 12.8. The van der Waals surface area contributed by atoms with Crippen LogP contribution in [-0.4, -0.2) is 36.6 Å². The first-order valence-corrected chi connectivity index (χ1v) is 11.3. The van der Waals surface area contributed by atoms with Crippen LogP contribution in [0, 0.1) is 16.0 Å². The third kappa shape index (κ3) is 4.80. The minimum Gasteiger partial charge on any atom is -0.349 e. The van der Waals surface area contributed by atoms with Gasteiger partial charge in [-0.3, -0.25) is 14.9 Å². The normalized spacial score (nSPS) is 16.7. The van der Waals surface area contributed by atoms with Gasteiger partial charge in [-0.2, -0.15) is 4.31 Å². The lowest BCUT2D eigenvalue weighted by molar-refractivity contribution is -0.385. The van der Waals surface area contributed by atoms with E-state index in [0.29, 0.717) is 12.8 Å². The number of nitrogens with zero attached hydrogens (tertiary/aromatic N) is 2. The fourth-order valence-electron chi connectivity index (χ4n) is 3.46. The highest BCUT2D eigenvalue weighted by molar-refractivity contribution is 7.89. The molecule has 3 rings (SSSR count). The zero-order valence-corrected chi connectivity index (χ0v) is 17.9. The molecule has 0 saturated carbocycles. The van der Waals surface area contributed by atoms with E-state index in [9.17, 15) is 23.3 Å². The van der Waals surface area contributed by atoms with E-state index in [2.05, 4.69) is 5.32 Å². The van der Waals surface area contributed by atoms with Gasteiger partial charge in [0.25, 0.3) is 5.69 Å². The quantitative estimate of drug-likeness (QED) is 0.533. The highest BCUT2D eigenvalue weighted by Gasteiger charge is 2.34. The topological polar surface area (TPSA) is 110 Å². The van der Waals surface area contributed by atoms with E-state index in [-0.39, 0.29) is 46.6 Å². The minimum absolute atomic E-state index is 0.0721. The molecule has 30 heavy (non-hydrogen) atoms. The van der Waals surface area contributed by atoms with Crippen molar-refractivity contribution in [2.75, 3.05) is 13.1 Å². The second-order valence-electron chi connectivity index (χ2n) is 7.19. The largest absolute Gasteiger partial charge is 0.349 e. The number of carbonyl (C=O) groups is 1. The molecule has 0 bridgehead atoms. The minimum atomic E-state index is -4.00. The third-order valence-electron chi connectivity index (χ3n) is 5.23. The second-order valence-corrected chi connectivity index (χ2v) is 9.50. The van der Waals surface area contributed by atoms with Crippen molar-refractivity contribution < 1.29 is 18.1 Å². The Kier molecular flexibility index (Phi) is 6.74. The zero-order chi connectivity index (χ0) is 21.9. The lowest BCUT2D eigenvalue weighted by atomic mass is 9.96. The predicted molar refractivity (Wildman–Crippen MR) is 113 cm³/mol. The van der Waals surface area contributed by atoms with Crippen LogP contribution < -0.4 is 5.32 Å². The smallest absolute Gasteiger partial charge is 0.270 e. The molecule has 1 N–H and O–H groups in total. The predicted octanol–water partition coefficient (Wildman–Crippen LogP) is 3.53. The Morgan fingerprint density at radius 2 is 1.83 bits per heavy atom. The summed E-state index contributed by atoms with van der Waals surface area (Å²) in [5.41, 5.74) is 0.647. The van der Waals surface area contributed by atoms with Gasteiger partial charge < -0.3 is 5.32 Å². The van der Waals surface area contributed by atoms with Gasteiger partial charge >= 0.3 is 0 Å². The maximum absolute atomic E-state index is 12.9. The van der Waals surface area contributed by atoms with Crippen molar-refractivity contribution in [1.29, 1.82) is 0 Å². The Morgan fingerprint density at radius 3 is 2.43 bits per heavy atom. The van der Waals surface area contributed by atoms with Crippen molar-refractivity contribution in [2.24, 2.45) is 5.92 Å². The highest BCUT2D eigenvalue weighted by atomic mass is 35.5. The molecule has 1 aliphatic heterocycles. The lowest BCUT2D eigenvalue weighted by Gasteiger charge is -2.31. The second kappa shape index (κ2) is 9.11.